The lowest BCUT2D eigenvalue weighted by Crippen LogP contribution is -2.23. The van der Waals surface area contributed by atoms with E-state index in [-0.39, 0.29) is 17.9 Å². The predicted molar refractivity (Wildman–Crippen MR) is 79.0 cm³/mol. The minimum Gasteiger partial charge on any atom is -0.488 e. The Balaban J connectivity index is 2.97. The summed E-state index contributed by atoms with van der Waals surface area (Å²) in [4.78, 5) is 22.7. The number of carboxylic acids is 1. The molecule has 0 fully saturated rings. The van der Waals surface area contributed by atoms with Gasteiger partial charge >= 0.3 is 12.1 Å². The molecule has 0 spiro atoms. The standard InChI is InChI=1S/C15H19NO5/c1-5-8-20-14(19)16-12-7-6-10(21-15(2,3)4)9-11(12)13(17)18/h5-7,9H,1,8H2,2-4H3,(H,16,19)(H,17,18). The quantitative estimate of drug-likeness (QED) is 0.814. The minimum absolute atomic E-state index is 0.0411. The molecule has 0 saturated heterocycles. The Morgan fingerprint density at radius 2 is 2.05 bits per heavy atom. The number of rotatable bonds is 5. The van der Waals surface area contributed by atoms with Crippen LogP contribution in [0.2, 0.25) is 0 Å². The summed E-state index contributed by atoms with van der Waals surface area (Å²) in [5.74, 6) is -0.765. The maximum Gasteiger partial charge on any atom is 0.411 e. The second-order valence-corrected chi connectivity index (χ2v) is 5.24. The Labute approximate surface area is 123 Å². The van der Waals surface area contributed by atoms with Crippen molar-refractivity contribution in [2.24, 2.45) is 0 Å². The molecule has 0 aliphatic heterocycles. The van der Waals surface area contributed by atoms with Crippen molar-refractivity contribution in [1.29, 1.82) is 0 Å². The normalized spacial score (nSPS) is 10.6. The summed E-state index contributed by atoms with van der Waals surface area (Å²) in [6.45, 7) is 9.02. The van der Waals surface area contributed by atoms with E-state index in [1.165, 1.54) is 18.2 Å². The van der Waals surface area contributed by atoms with Crippen molar-refractivity contribution in [3.8, 4) is 5.75 Å². The lowest BCUT2D eigenvalue weighted by Gasteiger charge is -2.22. The summed E-state index contributed by atoms with van der Waals surface area (Å²) in [5, 5.41) is 11.6. The van der Waals surface area contributed by atoms with E-state index in [0.717, 1.165) is 0 Å². The van der Waals surface area contributed by atoms with Crippen LogP contribution in [-0.2, 0) is 4.74 Å². The summed E-state index contributed by atoms with van der Waals surface area (Å²) in [6.07, 6.45) is 0.666. The van der Waals surface area contributed by atoms with E-state index in [9.17, 15) is 14.7 Å². The van der Waals surface area contributed by atoms with E-state index >= 15 is 0 Å². The van der Waals surface area contributed by atoms with Crippen molar-refractivity contribution in [2.45, 2.75) is 26.4 Å². The molecule has 21 heavy (non-hydrogen) atoms. The first-order valence-corrected chi connectivity index (χ1v) is 6.34. The number of carbonyl (C=O) groups excluding carboxylic acids is 1. The maximum atomic E-state index is 11.5. The van der Waals surface area contributed by atoms with Crippen molar-refractivity contribution in [1.82, 2.24) is 0 Å². The molecule has 0 aromatic heterocycles. The fraction of sp³-hybridized carbons (Fsp3) is 0.333. The van der Waals surface area contributed by atoms with Gasteiger partial charge in [0.2, 0.25) is 0 Å². The van der Waals surface area contributed by atoms with Gasteiger partial charge in [0.05, 0.1) is 11.3 Å². The number of hydrogen-bond donors (Lipinski definition) is 2. The Kier molecular flexibility index (Phi) is 5.35. The number of amides is 1. The summed E-state index contributed by atoms with van der Waals surface area (Å²) in [5.41, 5.74) is -0.390. The van der Waals surface area contributed by atoms with Gasteiger partial charge in [-0.1, -0.05) is 12.7 Å². The van der Waals surface area contributed by atoms with E-state index in [1.54, 1.807) is 6.07 Å². The van der Waals surface area contributed by atoms with Gasteiger partial charge in [-0.2, -0.15) is 0 Å². The van der Waals surface area contributed by atoms with Crippen LogP contribution in [0.25, 0.3) is 0 Å². The third kappa shape index (κ3) is 5.56. The molecule has 6 heteroatoms. The molecule has 2 N–H and O–H groups in total. The molecular weight excluding hydrogens is 274 g/mol. The van der Waals surface area contributed by atoms with Gasteiger partial charge in [-0.25, -0.2) is 9.59 Å². The molecule has 0 atom stereocenters. The van der Waals surface area contributed by atoms with Gasteiger partial charge < -0.3 is 14.6 Å². The first-order valence-electron chi connectivity index (χ1n) is 6.34. The van der Waals surface area contributed by atoms with Gasteiger partial charge in [-0.3, -0.25) is 5.32 Å². The molecule has 1 aromatic rings. The topological polar surface area (TPSA) is 84.9 Å². The van der Waals surface area contributed by atoms with Crippen LogP contribution in [0, 0.1) is 0 Å². The third-order valence-corrected chi connectivity index (χ3v) is 2.21. The monoisotopic (exact) mass is 293 g/mol. The zero-order valence-electron chi connectivity index (χ0n) is 12.3. The summed E-state index contributed by atoms with van der Waals surface area (Å²) in [7, 11) is 0. The van der Waals surface area contributed by atoms with E-state index in [2.05, 4.69) is 11.9 Å². The van der Waals surface area contributed by atoms with Crippen LogP contribution >= 0.6 is 0 Å². The van der Waals surface area contributed by atoms with Crippen LogP contribution in [-0.4, -0.2) is 29.4 Å². The van der Waals surface area contributed by atoms with Gasteiger partial charge in [0.1, 0.15) is 18.0 Å². The molecule has 0 saturated carbocycles. The number of ether oxygens (including phenoxy) is 2. The fourth-order valence-corrected chi connectivity index (χ4v) is 1.51. The van der Waals surface area contributed by atoms with Gasteiger partial charge in [-0.05, 0) is 39.0 Å². The number of carboxylic acid groups (broad SMARTS) is 1. The van der Waals surface area contributed by atoms with Crippen molar-refractivity contribution in [2.75, 3.05) is 11.9 Å². The average Bonchev–Trinajstić information content (AvgIpc) is 2.36. The molecule has 114 valence electrons. The third-order valence-electron chi connectivity index (χ3n) is 2.21. The van der Waals surface area contributed by atoms with Gasteiger partial charge in [0, 0.05) is 0 Å². The number of nitrogens with one attached hydrogen (secondary N) is 1. The van der Waals surface area contributed by atoms with Crippen LogP contribution in [0.3, 0.4) is 0 Å². The number of anilines is 1. The summed E-state index contributed by atoms with van der Waals surface area (Å²) < 4.78 is 10.3. The molecule has 0 aliphatic rings. The molecule has 6 nitrogen and oxygen atoms in total. The lowest BCUT2D eigenvalue weighted by atomic mass is 10.1. The zero-order valence-corrected chi connectivity index (χ0v) is 12.3. The molecule has 1 amide bonds. The zero-order chi connectivity index (χ0) is 16.0. The second-order valence-electron chi connectivity index (χ2n) is 5.24. The first-order chi connectivity index (χ1) is 9.73. The van der Waals surface area contributed by atoms with Crippen LogP contribution in [0.5, 0.6) is 5.75 Å². The van der Waals surface area contributed by atoms with Crippen LogP contribution in [0.1, 0.15) is 31.1 Å². The second kappa shape index (κ2) is 6.78. The summed E-state index contributed by atoms with van der Waals surface area (Å²) in [6, 6.07) is 4.40. The SMILES string of the molecule is C=CCOC(=O)Nc1ccc(OC(C)(C)C)cc1C(=O)O. The molecule has 0 heterocycles. The van der Waals surface area contributed by atoms with E-state index < -0.39 is 17.7 Å². The highest BCUT2D eigenvalue weighted by molar-refractivity contribution is 5.99. The van der Waals surface area contributed by atoms with Crippen molar-refractivity contribution < 1.29 is 24.2 Å². The Morgan fingerprint density at radius 1 is 1.38 bits per heavy atom. The fourth-order valence-electron chi connectivity index (χ4n) is 1.51. The van der Waals surface area contributed by atoms with Crippen LogP contribution in [0.4, 0.5) is 10.5 Å². The van der Waals surface area contributed by atoms with Gasteiger partial charge in [0.15, 0.2) is 0 Å². The van der Waals surface area contributed by atoms with Gasteiger partial charge in [0.25, 0.3) is 0 Å². The Bertz CT molecular complexity index is 545. The van der Waals surface area contributed by atoms with Crippen molar-refractivity contribution >= 4 is 17.7 Å². The molecular formula is C15H19NO5. The smallest absolute Gasteiger partial charge is 0.411 e. The van der Waals surface area contributed by atoms with E-state index in [0.29, 0.717) is 5.75 Å². The average molecular weight is 293 g/mol. The van der Waals surface area contributed by atoms with E-state index in [4.69, 9.17) is 9.47 Å². The van der Waals surface area contributed by atoms with E-state index in [1.807, 2.05) is 20.8 Å². The molecule has 0 radical (unpaired) electrons. The number of hydrogen-bond acceptors (Lipinski definition) is 4. The van der Waals surface area contributed by atoms with Crippen molar-refractivity contribution in [3.05, 3.63) is 36.4 Å². The number of aromatic carboxylic acids is 1. The largest absolute Gasteiger partial charge is 0.488 e. The van der Waals surface area contributed by atoms with Crippen LogP contribution in [0.15, 0.2) is 30.9 Å². The highest BCUT2D eigenvalue weighted by Gasteiger charge is 2.17. The maximum absolute atomic E-state index is 11.5. The summed E-state index contributed by atoms with van der Waals surface area (Å²) >= 11 is 0. The highest BCUT2D eigenvalue weighted by atomic mass is 16.5. The molecule has 0 bridgehead atoms. The Morgan fingerprint density at radius 3 is 2.57 bits per heavy atom. The van der Waals surface area contributed by atoms with Crippen molar-refractivity contribution in [3.63, 3.8) is 0 Å². The van der Waals surface area contributed by atoms with Crippen LogP contribution < -0.4 is 10.1 Å². The first kappa shape index (κ1) is 16.6. The van der Waals surface area contributed by atoms with Gasteiger partial charge in [-0.15, -0.1) is 0 Å². The lowest BCUT2D eigenvalue weighted by molar-refractivity contribution is 0.0695. The number of carbonyl (C=O) groups is 2. The molecule has 0 aliphatic carbocycles. The number of benzene rings is 1. The molecule has 1 rings (SSSR count). The predicted octanol–water partition coefficient (Wildman–Crippen LogP) is 3.30. The molecule has 0 unspecified atom stereocenters. The minimum atomic E-state index is -1.17. The highest BCUT2D eigenvalue weighted by Crippen LogP contribution is 2.25. The Hall–Kier alpha value is -2.50. The molecule has 1 aromatic carbocycles.